The number of sulfone groups is 1. The fraction of sp³-hybridized carbons (Fsp3) is 0.500. The van der Waals surface area contributed by atoms with Crippen molar-refractivity contribution < 1.29 is 18.3 Å². The molecule has 19 heavy (non-hydrogen) atoms. The van der Waals surface area contributed by atoms with Gasteiger partial charge in [-0.1, -0.05) is 0 Å². The van der Waals surface area contributed by atoms with Crippen molar-refractivity contribution >= 4 is 21.6 Å². The molecule has 0 saturated carbocycles. The normalized spacial score (nSPS) is 18.9. The van der Waals surface area contributed by atoms with Gasteiger partial charge in [-0.25, -0.2) is 18.2 Å². The third kappa shape index (κ3) is 3.23. The van der Waals surface area contributed by atoms with Gasteiger partial charge >= 0.3 is 5.97 Å². The second kappa shape index (κ2) is 5.16. The molecule has 7 heteroatoms. The van der Waals surface area contributed by atoms with Gasteiger partial charge < -0.3 is 10.0 Å². The summed E-state index contributed by atoms with van der Waals surface area (Å²) in [6.07, 6.45) is 1.88. The first-order valence-electron chi connectivity index (χ1n) is 6.04. The highest BCUT2D eigenvalue weighted by molar-refractivity contribution is 7.91. The second-order valence-corrected chi connectivity index (χ2v) is 6.97. The molecule has 1 aliphatic heterocycles. The van der Waals surface area contributed by atoms with E-state index in [1.165, 1.54) is 6.20 Å². The molecule has 6 nitrogen and oxygen atoms in total. The molecule has 2 rings (SSSR count). The number of anilines is 1. The number of aromatic carboxylic acids is 1. The molecule has 0 amide bonds. The lowest BCUT2D eigenvalue weighted by Crippen LogP contribution is -2.28. The van der Waals surface area contributed by atoms with E-state index in [1.54, 1.807) is 13.0 Å². The zero-order valence-electron chi connectivity index (χ0n) is 10.7. The molecule has 1 aliphatic rings. The number of nitrogens with zero attached hydrogens (tertiary/aromatic N) is 2. The zero-order valence-corrected chi connectivity index (χ0v) is 11.5. The van der Waals surface area contributed by atoms with Gasteiger partial charge in [0.25, 0.3) is 0 Å². The fourth-order valence-corrected chi connectivity index (χ4v) is 3.44. The number of carbonyl (C=O) groups is 1. The number of aromatic nitrogens is 1. The maximum Gasteiger partial charge on any atom is 0.337 e. The van der Waals surface area contributed by atoms with E-state index in [1.807, 2.05) is 4.90 Å². The van der Waals surface area contributed by atoms with Crippen LogP contribution in [0.15, 0.2) is 12.3 Å². The molecule has 1 fully saturated rings. The van der Waals surface area contributed by atoms with E-state index in [2.05, 4.69) is 4.98 Å². The highest BCUT2D eigenvalue weighted by Crippen LogP contribution is 2.20. The van der Waals surface area contributed by atoms with Gasteiger partial charge in [0.15, 0.2) is 9.84 Å². The first-order chi connectivity index (χ1) is 8.89. The van der Waals surface area contributed by atoms with Crippen LogP contribution in [0.1, 0.15) is 22.3 Å². The Bertz CT molecular complexity index is 598. The monoisotopic (exact) mass is 284 g/mol. The van der Waals surface area contributed by atoms with Crippen LogP contribution in [0.2, 0.25) is 0 Å². The standard InChI is InChI=1S/C12H16N2O4S/c1-9-7-10(12(15)16)8-13-11(9)14-3-2-5-19(17,18)6-4-14/h7-8H,2-6H2,1H3,(H,15,16). The summed E-state index contributed by atoms with van der Waals surface area (Å²) in [5.41, 5.74) is 0.892. The topological polar surface area (TPSA) is 87.6 Å². The average Bonchev–Trinajstić information content (AvgIpc) is 2.50. The Morgan fingerprint density at radius 3 is 2.74 bits per heavy atom. The van der Waals surface area contributed by atoms with Crippen molar-refractivity contribution in [2.45, 2.75) is 13.3 Å². The fourth-order valence-electron chi connectivity index (χ4n) is 2.17. The van der Waals surface area contributed by atoms with Crippen molar-refractivity contribution in [1.29, 1.82) is 0 Å². The summed E-state index contributed by atoms with van der Waals surface area (Å²) in [5, 5.41) is 8.89. The number of rotatable bonds is 2. The average molecular weight is 284 g/mol. The van der Waals surface area contributed by atoms with E-state index in [-0.39, 0.29) is 17.1 Å². The number of carboxylic acids is 1. The third-order valence-electron chi connectivity index (χ3n) is 3.15. The van der Waals surface area contributed by atoms with Crippen molar-refractivity contribution in [3.63, 3.8) is 0 Å². The van der Waals surface area contributed by atoms with Gasteiger partial charge in [-0.2, -0.15) is 0 Å². The Hall–Kier alpha value is -1.63. The number of hydrogen-bond acceptors (Lipinski definition) is 5. The van der Waals surface area contributed by atoms with Crippen LogP contribution in [0.4, 0.5) is 5.82 Å². The Morgan fingerprint density at radius 2 is 2.11 bits per heavy atom. The highest BCUT2D eigenvalue weighted by atomic mass is 32.2. The lowest BCUT2D eigenvalue weighted by Gasteiger charge is -2.22. The quantitative estimate of drug-likeness (QED) is 0.860. The van der Waals surface area contributed by atoms with Gasteiger partial charge in [0.05, 0.1) is 17.1 Å². The molecular formula is C12H16N2O4S. The molecule has 1 aromatic heterocycles. The summed E-state index contributed by atoms with van der Waals surface area (Å²) in [5.74, 6) is -0.0208. The third-order valence-corrected chi connectivity index (χ3v) is 4.87. The minimum absolute atomic E-state index is 0.120. The molecule has 0 unspecified atom stereocenters. The van der Waals surface area contributed by atoms with Gasteiger partial charge in [0, 0.05) is 19.3 Å². The molecule has 0 radical (unpaired) electrons. The summed E-state index contributed by atoms with van der Waals surface area (Å²) >= 11 is 0. The van der Waals surface area contributed by atoms with Gasteiger partial charge in [-0.15, -0.1) is 0 Å². The summed E-state index contributed by atoms with van der Waals surface area (Å²) in [6, 6.07) is 1.56. The molecular weight excluding hydrogens is 268 g/mol. The van der Waals surface area contributed by atoms with Gasteiger partial charge in [0.2, 0.25) is 0 Å². The molecule has 0 aromatic carbocycles. The molecule has 0 bridgehead atoms. The van der Waals surface area contributed by atoms with E-state index in [0.29, 0.717) is 25.3 Å². The highest BCUT2D eigenvalue weighted by Gasteiger charge is 2.21. The Labute approximate surface area is 112 Å². The maximum absolute atomic E-state index is 11.6. The summed E-state index contributed by atoms with van der Waals surface area (Å²) < 4.78 is 23.1. The minimum Gasteiger partial charge on any atom is -0.478 e. The Kier molecular flexibility index (Phi) is 3.75. The van der Waals surface area contributed by atoms with Crippen LogP contribution in [0.25, 0.3) is 0 Å². The number of aryl methyl sites for hydroxylation is 1. The van der Waals surface area contributed by atoms with Crippen LogP contribution < -0.4 is 4.90 Å². The lowest BCUT2D eigenvalue weighted by molar-refractivity contribution is 0.0696. The molecule has 0 atom stereocenters. The van der Waals surface area contributed by atoms with Crippen LogP contribution >= 0.6 is 0 Å². The van der Waals surface area contributed by atoms with E-state index < -0.39 is 15.8 Å². The number of hydrogen-bond donors (Lipinski definition) is 1. The SMILES string of the molecule is Cc1cc(C(=O)O)cnc1N1CCCS(=O)(=O)CC1. The van der Waals surface area contributed by atoms with Crippen LogP contribution in [-0.2, 0) is 9.84 Å². The molecule has 104 valence electrons. The zero-order chi connectivity index (χ0) is 14.0. The lowest BCUT2D eigenvalue weighted by atomic mass is 10.2. The van der Waals surface area contributed by atoms with Crippen molar-refractivity contribution in [3.8, 4) is 0 Å². The van der Waals surface area contributed by atoms with Crippen molar-refractivity contribution in [2.75, 3.05) is 29.5 Å². The van der Waals surface area contributed by atoms with Crippen LogP contribution in [0.3, 0.4) is 0 Å². The van der Waals surface area contributed by atoms with E-state index >= 15 is 0 Å². The summed E-state index contributed by atoms with van der Waals surface area (Å²) in [4.78, 5) is 16.9. The minimum atomic E-state index is -2.96. The first kappa shape index (κ1) is 13.8. The van der Waals surface area contributed by atoms with Gasteiger partial charge in [-0.05, 0) is 25.0 Å². The second-order valence-electron chi connectivity index (χ2n) is 4.66. The summed E-state index contributed by atoms with van der Waals surface area (Å²) in [7, 11) is -2.96. The molecule has 1 aromatic rings. The van der Waals surface area contributed by atoms with Crippen LogP contribution in [-0.4, -0.2) is 49.1 Å². The number of pyridine rings is 1. The molecule has 1 saturated heterocycles. The molecule has 2 heterocycles. The predicted molar refractivity (Wildman–Crippen MR) is 71.4 cm³/mol. The molecule has 1 N–H and O–H groups in total. The van der Waals surface area contributed by atoms with Crippen molar-refractivity contribution in [3.05, 3.63) is 23.4 Å². The summed E-state index contributed by atoms with van der Waals surface area (Å²) in [6.45, 7) is 2.82. The van der Waals surface area contributed by atoms with E-state index in [4.69, 9.17) is 5.11 Å². The van der Waals surface area contributed by atoms with E-state index in [9.17, 15) is 13.2 Å². The predicted octanol–water partition coefficient (Wildman–Crippen LogP) is 0.713. The molecule has 0 spiro atoms. The van der Waals surface area contributed by atoms with Crippen molar-refractivity contribution in [1.82, 2.24) is 4.98 Å². The maximum atomic E-state index is 11.6. The smallest absolute Gasteiger partial charge is 0.337 e. The first-order valence-corrected chi connectivity index (χ1v) is 7.86. The Morgan fingerprint density at radius 1 is 1.37 bits per heavy atom. The van der Waals surface area contributed by atoms with Crippen molar-refractivity contribution in [2.24, 2.45) is 0 Å². The molecule has 0 aliphatic carbocycles. The van der Waals surface area contributed by atoms with Crippen LogP contribution in [0, 0.1) is 6.92 Å². The largest absolute Gasteiger partial charge is 0.478 e. The van der Waals surface area contributed by atoms with Gasteiger partial charge in [-0.3, -0.25) is 0 Å². The Balaban J connectivity index is 2.25. The van der Waals surface area contributed by atoms with E-state index in [0.717, 1.165) is 5.56 Å². The number of carboxylic acid groups (broad SMARTS) is 1. The van der Waals surface area contributed by atoms with Gasteiger partial charge in [0.1, 0.15) is 5.82 Å². The van der Waals surface area contributed by atoms with Crippen LogP contribution in [0.5, 0.6) is 0 Å².